The lowest BCUT2D eigenvalue weighted by atomic mass is 10.1. The van der Waals surface area contributed by atoms with Crippen molar-refractivity contribution in [2.24, 2.45) is 0 Å². The summed E-state index contributed by atoms with van der Waals surface area (Å²) in [5.74, 6) is 0.133. The third-order valence-corrected chi connectivity index (χ3v) is 4.97. The van der Waals surface area contributed by atoms with Crippen molar-refractivity contribution in [3.8, 4) is 0 Å². The van der Waals surface area contributed by atoms with Gasteiger partial charge in [0, 0.05) is 45.0 Å². The summed E-state index contributed by atoms with van der Waals surface area (Å²) in [6.45, 7) is 5.90. The molecule has 0 saturated carbocycles. The van der Waals surface area contributed by atoms with Crippen molar-refractivity contribution >= 4 is 11.6 Å². The van der Waals surface area contributed by atoms with Crippen LogP contribution in [0.25, 0.3) is 0 Å². The van der Waals surface area contributed by atoms with Crippen molar-refractivity contribution in [2.45, 2.75) is 32.0 Å². The molecule has 0 bridgehead atoms. The van der Waals surface area contributed by atoms with Crippen LogP contribution in [0, 0.1) is 0 Å². The largest absolute Gasteiger partial charge is 0.372 e. The van der Waals surface area contributed by atoms with E-state index in [1.165, 1.54) is 11.3 Å². The first kappa shape index (κ1) is 16.3. The first-order valence-electron chi connectivity index (χ1n) is 8.49. The van der Waals surface area contributed by atoms with E-state index in [1.807, 2.05) is 18.0 Å². The van der Waals surface area contributed by atoms with Gasteiger partial charge in [0.25, 0.3) is 5.91 Å². The summed E-state index contributed by atoms with van der Waals surface area (Å²) >= 11 is 0. The molecule has 5 nitrogen and oxygen atoms in total. The van der Waals surface area contributed by atoms with Crippen LogP contribution in [0.1, 0.15) is 18.9 Å². The number of benzene rings is 1. The molecular formula is C18H27N3O2. The fraction of sp³-hybridized carbons (Fsp3) is 0.611. The molecule has 0 N–H and O–H groups in total. The van der Waals surface area contributed by atoms with Crippen molar-refractivity contribution in [1.82, 2.24) is 9.80 Å². The summed E-state index contributed by atoms with van der Waals surface area (Å²) in [6.07, 6.45) is 0.616. The molecule has 126 valence electrons. The molecule has 2 aliphatic heterocycles. The zero-order valence-electron chi connectivity index (χ0n) is 14.4. The predicted molar refractivity (Wildman–Crippen MR) is 91.6 cm³/mol. The van der Waals surface area contributed by atoms with Gasteiger partial charge in [-0.15, -0.1) is 0 Å². The van der Waals surface area contributed by atoms with E-state index in [9.17, 15) is 4.79 Å². The zero-order chi connectivity index (χ0) is 16.4. The third kappa shape index (κ3) is 3.35. The Labute approximate surface area is 138 Å². The highest BCUT2D eigenvalue weighted by molar-refractivity contribution is 5.82. The fourth-order valence-corrected chi connectivity index (χ4v) is 3.56. The maximum Gasteiger partial charge on any atom is 0.253 e. The smallest absolute Gasteiger partial charge is 0.253 e. The van der Waals surface area contributed by atoms with Gasteiger partial charge in [0.15, 0.2) is 0 Å². The molecule has 0 unspecified atom stereocenters. The van der Waals surface area contributed by atoms with Gasteiger partial charge >= 0.3 is 0 Å². The standard InChI is InChI=1S/C18H27N3O2/c1-4-15-12-20(3)16-8-6-5-7-14(16)11-21(15)18(22)17-13-19(2)9-10-23-17/h5-8,15,17H,4,9-13H2,1-3H3/t15-,17-/m0/s1. The number of rotatable bonds is 2. The number of fused-ring (bicyclic) bond motifs is 1. The van der Waals surface area contributed by atoms with Crippen LogP contribution in [-0.4, -0.2) is 68.2 Å². The van der Waals surface area contributed by atoms with Crippen LogP contribution in [0.4, 0.5) is 5.69 Å². The molecule has 1 fully saturated rings. The molecule has 1 aromatic carbocycles. The minimum Gasteiger partial charge on any atom is -0.372 e. The average Bonchev–Trinajstić information content (AvgIpc) is 2.71. The van der Waals surface area contributed by atoms with Crippen molar-refractivity contribution in [2.75, 3.05) is 45.2 Å². The maximum absolute atomic E-state index is 13.1. The molecule has 2 heterocycles. The number of hydrogen-bond acceptors (Lipinski definition) is 4. The molecule has 2 aliphatic rings. The summed E-state index contributed by atoms with van der Waals surface area (Å²) in [4.78, 5) is 19.6. The van der Waals surface area contributed by atoms with Gasteiger partial charge in [-0.25, -0.2) is 0 Å². The minimum atomic E-state index is -0.335. The number of ether oxygens (including phenoxy) is 1. The highest BCUT2D eigenvalue weighted by atomic mass is 16.5. The Kier molecular flexibility index (Phi) is 4.87. The molecule has 0 radical (unpaired) electrons. The first-order chi connectivity index (χ1) is 11.1. The lowest BCUT2D eigenvalue weighted by Gasteiger charge is -2.36. The summed E-state index contributed by atoms with van der Waals surface area (Å²) in [5, 5.41) is 0. The van der Waals surface area contributed by atoms with E-state index in [4.69, 9.17) is 4.74 Å². The van der Waals surface area contributed by atoms with Crippen LogP contribution in [0.2, 0.25) is 0 Å². The quantitative estimate of drug-likeness (QED) is 0.830. The molecule has 0 aliphatic carbocycles. The van der Waals surface area contributed by atoms with Crippen molar-refractivity contribution in [3.63, 3.8) is 0 Å². The van der Waals surface area contributed by atoms with E-state index in [0.29, 0.717) is 19.7 Å². The molecule has 3 rings (SSSR count). The zero-order valence-corrected chi connectivity index (χ0v) is 14.4. The van der Waals surface area contributed by atoms with Crippen LogP contribution in [0.15, 0.2) is 24.3 Å². The van der Waals surface area contributed by atoms with Gasteiger partial charge < -0.3 is 19.4 Å². The van der Waals surface area contributed by atoms with E-state index >= 15 is 0 Å². The number of hydrogen-bond donors (Lipinski definition) is 0. The Morgan fingerprint density at radius 3 is 2.78 bits per heavy atom. The van der Waals surface area contributed by atoms with Gasteiger partial charge in [0.2, 0.25) is 0 Å². The fourth-order valence-electron chi connectivity index (χ4n) is 3.56. The first-order valence-corrected chi connectivity index (χ1v) is 8.49. The Balaban J connectivity index is 1.85. The highest BCUT2D eigenvalue weighted by Crippen LogP contribution is 2.28. The molecule has 5 heteroatoms. The van der Waals surface area contributed by atoms with E-state index in [2.05, 4.69) is 42.0 Å². The molecule has 23 heavy (non-hydrogen) atoms. The minimum absolute atomic E-state index is 0.133. The van der Waals surface area contributed by atoms with E-state index in [-0.39, 0.29) is 18.1 Å². The summed E-state index contributed by atoms with van der Waals surface area (Å²) < 4.78 is 5.77. The second kappa shape index (κ2) is 6.89. The number of carbonyl (C=O) groups is 1. The number of morpholine rings is 1. The number of carbonyl (C=O) groups excluding carboxylic acids is 1. The van der Waals surface area contributed by atoms with E-state index in [1.54, 1.807) is 0 Å². The maximum atomic E-state index is 13.1. The molecule has 1 aromatic rings. The normalized spacial score (nSPS) is 25.9. The van der Waals surface area contributed by atoms with E-state index < -0.39 is 0 Å². The summed E-state index contributed by atoms with van der Waals surface area (Å²) in [7, 11) is 4.16. The molecular weight excluding hydrogens is 290 g/mol. The number of nitrogens with zero attached hydrogens (tertiary/aromatic N) is 3. The van der Waals surface area contributed by atoms with Gasteiger partial charge in [0.05, 0.1) is 6.61 Å². The lowest BCUT2D eigenvalue weighted by molar-refractivity contribution is -0.151. The molecule has 1 saturated heterocycles. The molecule has 0 spiro atoms. The van der Waals surface area contributed by atoms with E-state index in [0.717, 1.165) is 19.5 Å². The Bertz CT molecular complexity index is 563. The van der Waals surface area contributed by atoms with Crippen molar-refractivity contribution in [1.29, 1.82) is 0 Å². The predicted octanol–water partition coefficient (Wildman–Crippen LogP) is 1.57. The lowest BCUT2D eigenvalue weighted by Crippen LogP contribution is -2.53. The van der Waals surface area contributed by atoms with Gasteiger partial charge in [0.1, 0.15) is 6.10 Å². The SMILES string of the molecule is CC[C@H]1CN(C)c2ccccc2CN1C(=O)[C@@H]1CN(C)CCO1. The van der Waals surface area contributed by atoms with Crippen LogP contribution in [0.3, 0.4) is 0 Å². The number of likely N-dealkylation sites (N-methyl/N-ethyl adjacent to an activating group) is 2. The average molecular weight is 317 g/mol. The van der Waals surface area contributed by atoms with Crippen LogP contribution < -0.4 is 4.90 Å². The second-order valence-corrected chi connectivity index (χ2v) is 6.66. The Morgan fingerprint density at radius 1 is 1.26 bits per heavy atom. The van der Waals surface area contributed by atoms with Gasteiger partial charge in [-0.1, -0.05) is 25.1 Å². The van der Waals surface area contributed by atoms with Crippen LogP contribution >= 0.6 is 0 Å². The second-order valence-electron chi connectivity index (χ2n) is 6.66. The van der Waals surface area contributed by atoms with Crippen molar-refractivity contribution in [3.05, 3.63) is 29.8 Å². The summed E-state index contributed by atoms with van der Waals surface area (Å²) in [6, 6.07) is 8.59. The number of anilines is 1. The number of amides is 1. The Hall–Kier alpha value is -1.59. The third-order valence-electron chi connectivity index (χ3n) is 4.97. The van der Waals surface area contributed by atoms with Crippen molar-refractivity contribution < 1.29 is 9.53 Å². The topological polar surface area (TPSA) is 36.0 Å². The van der Waals surface area contributed by atoms with Gasteiger partial charge in [-0.05, 0) is 25.1 Å². The number of para-hydroxylation sites is 1. The Morgan fingerprint density at radius 2 is 2.04 bits per heavy atom. The van der Waals surface area contributed by atoms with Gasteiger partial charge in [-0.2, -0.15) is 0 Å². The molecule has 2 atom stereocenters. The van der Waals surface area contributed by atoms with Gasteiger partial charge in [-0.3, -0.25) is 4.79 Å². The monoisotopic (exact) mass is 317 g/mol. The highest BCUT2D eigenvalue weighted by Gasteiger charge is 2.34. The molecule has 0 aromatic heterocycles. The van der Waals surface area contributed by atoms with Crippen LogP contribution in [-0.2, 0) is 16.1 Å². The summed E-state index contributed by atoms with van der Waals surface area (Å²) in [5.41, 5.74) is 2.44. The van der Waals surface area contributed by atoms with Crippen LogP contribution in [0.5, 0.6) is 0 Å². The molecule has 1 amide bonds.